The predicted octanol–water partition coefficient (Wildman–Crippen LogP) is 3.94. The van der Waals surface area contributed by atoms with Crippen LogP contribution in [0.1, 0.15) is 30.0 Å². The first-order valence-electron chi connectivity index (χ1n) is 8.82. The van der Waals surface area contributed by atoms with Crippen molar-refractivity contribution < 1.29 is 23.6 Å². The highest BCUT2D eigenvalue weighted by Crippen LogP contribution is 2.25. The minimum absolute atomic E-state index is 0.0420. The molecule has 9 heteroatoms. The molecule has 150 valence electrons. The lowest BCUT2D eigenvalue weighted by Gasteiger charge is -2.13. The molecular formula is C20H19N3O6. The molecule has 0 aliphatic carbocycles. The van der Waals surface area contributed by atoms with E-state index < -0.39 is 17.0 Å². The summed E-state index contributed by atoms with van der Waals surface area (Å²) in [7, 11) is 0. The molecule has 0 saturated heterocycles. The van der Waals surface area contributed by atoms with Crippen molar-refractivity contribution >= 4 is 11.7 Å². The number of carbonyl (C=O) groups excluding carboxylic acids is 1. The van der Waals surface area contributed by atoms with E-state index in [0.717, 1.165) is 11.1 Å². The molecule has 0 fully saturated rings. The average molecular weight is 397 g/mol. The summed E-state index contributed by atoms with van der Waals surface area (Å²) < 4.78 is 16.4. The number of para-hydroxylation sites is 1. The summed E-state index contributed by atoms with van der Waals surface area (Å²) in [4.78, 5) is 22.3. The molecule has 0 spiro atoms. The number of nitro benzene ring substituents is 1. The molecule has 9 nitrogen and oxygen atoms in total. The van der Waals surface area contributed by atoms with Crippen molar-refractivity contribution in [1.82, 2.24) is 10.2 Å². The molecule has 3 aromatic rings. The third-order valence-electron chi connectivity index (χ3n) is 4.16. The van der Waals surface area contributed by atoms with E-state index in [0.29, 0.717) is 11.3 Å². The lowest BCUT2D eigenvalue weighted by molar-refractivity contribution is -0.384. The maximum Gasteiger partial charge on any atom is 0.344 e. The fraction of sp³-hybridized carbons (Fsp3) is 0.250. The van der Waals surface area contributed by atoms with Crippen molar-refractivity contribution in [3.8, 4) is 17.2 Å². The predicted molar refractivity (Wildman–Crippen MR) is 102 cm³/mol. The minimum Gasteiger partial charge on any atom is -0.481 e. The van der Waals surface area contributed by atoms with Gasteiger partial charge in [-0.05, 0) is 44.0 Å². The third-order valence-corrected chi connectivity index (χ3v) is 4.16. The van der Waals surface area contributed by atoms with Gasteiger partial charge in [-0.15, -0.1) is 10.2 Å². The Balaban J connectivity index is 1.60. The second kappa shape index (κ2) is 8.51. The summed E-state index contributed by atoms with van der Waals surface area (Å²) in [6.07, 6.45) is -0.775. The Labute approximate surface area is 166 Å². The molecular weight excluding hydrogens is 378 g/mol. The lowest BCUT2D eigenvalue weighted by Crippen LogP contribution is -2.17. The van der Waals surface area contributed by atoms with Gasteiger partial charge in [0.25, 0.3) is 11.6 Å². The number of carbonyl (C=O) groups is 1. The third kappa shape index (κ3) is 4.75. The van der Waals surface area contributed by atoms with Crippen molar-refractivity contribution in [3.05, 3.63) is 69.6 Å². The molecule has 0 radical (unpaired) electrons. The maximum absolute atomic E-state index is 12.1. The molecule has 0 aliphatic rings. The number of aryl methyl sites for hydroxylation is 2. The quantitative estimate of drug-likeness (QED) is 0.334. The Morgan fingerprint density at radius 1 is 1.14 bits per heavy atom. The Kier molecular flexibility index (Phi) is 5.87. The first-order chi connectivity index (χ1) is 13.8. The number of non-ortho nitro benzene ring substituents is 1. The number of esters is 1. The standard InChI is InChI=1S/C20H19N3O6/c1-12-5-4-6-13(2)18(12)27-11-17(24)28-14(3)19-21-22-20(29-19)15-7-9-16(10-8-15)23(25)26/h4-10,14H,11H2,1-3H3/t14-/m1/s1. The van der Waals surface area contributed by atoms with Crippen LogP contribution in [0.3, 0.4) is 0 Å². The Bertz CT molecular complexity index is 1010. The average Bonchev–Trinajstić information content (AvgIpc) is 3.18. The van der Waals surface area contributed by atoms with E-state index in [9.17, 15) is 14.9 Å². The fourth-order valence-electron chi connectivity index (χ4n) is 2.68. The molecule has 0 aliphatic heterocycles. The summed E-state index contributed by atoms with van der Waals surface area (Å²) in [5, 5.41) is 18.5. The monoisotopic (exact) mass is 397 g/mol. The summed E-state index contributed by atoms with van der Waals surface area (Å²) in [6, 6.07) is 11.4. The molecule has 0 bridgehead atoms. The van der Waals surface area contributed by atoms with Crippen LogP contribution in [-0.2, 0) is 9.53 Å². The minimum atomic E-state index is -0.775. The van der Waals surface area contributed by atoms with Crippen LogP contribution >= 0.6 is 0 Å². The first kappa shape index (κ1) is 20.0. The summed E-state index contributed by atoms with van der Waals surface area (Å²) >= 11 is 0. The summed E-state index contributed by atoms with van der Waals surface area (Å²) in [5.41, 5.74) is 2.33. The van der Waals surface area contributed by atoms with E-state index in [-0.39, 0.29) is 24.1 Å². The van der Waals surface area contributed by atoms with E-state index in [2.05, 4.69) is 10.2 Å². The van der Waals surface area contributed by atoms with Crippen molar-refractivity contribution in [3.63, 3.8) is 0 Å². The number of nitrogens with zero attached hydrogens (tertiary/aromatic N) is 3. The number of hydrogen-bond donors (Lipinski definition) is 0. The zero-order valence-corrected chi connectivity index (χ0v) is 16.1. The van der Waals surface area contributed by atoms with E-state index in [1.807, 2.05) is 32.0 Å². The number of rotatable bonds is 7. The molecule has 1 atom stereocenters. The van der Waals surface area contributed by atoms with Gasteiger partial charge < -0.3 is 13.9 Å². The van der Waals surface area contributed by atoms with Crippen LogP contribution in [0, 0.1) is 24.0 Å². The van der Waals surface area contributed by atoms with Crippen LogP contribution in [0.15, 0.2) is 46.9 Å². The Morgan fingerprint density at radius 3 is 2.41 bits per heavy atom. The van der Waals surface area contributed by atoms with E-state index in [4.69, 9.17) is 13.9 Å². The number of ether oxygens (including phenoxy) is 2. The van der Waals surface area contributed by atoms with Gasteiger partial charge in [0.2, 0.25) is 5.89 Å². The zero-order chi connectivity index (χ0) is 21.0. The van der Waals surface area contributed by atoms with Gasteiger partial charge in [0.15, 0.2) is 12.7 Å². The second-order valence-corrected chi connectivity index (χ2v) is 6.39. The van der Waals surface area contributed by atoms with Crippen LogP contribution in [-0.4, -0.2) is 27.7 Å². The van der Waals surface area contributed by atoms with Crippen LogP contribution in [0.25, 0.3) is 11.5 Å². The molecule has 0 unspecified atom stereocenters. The molecule has 2 aromatic carbocycles. The SMILES string of the molecule is Cc1cccc(C)c1OCC(=O)O[C@H](C)c1nnc(-c2ccc([N+](=O)[O-])cc2)o1. The molecule has 0 saturated carbocycles. The smallest absolute Gasteiger partial charge is 0.344 e. The fourth-order valence-corrected chi connectivity index (χ4v) is 2.68. The number of nitro groups is 1. The van der Waals surface area contributed by atoms with Crippen molar-refractivity contribution in [2.75, 3.05) is 6.61 Å². The highest BCUT2D eigenvalue weighted by molar-refractivity contribution is 5.71. The second-order valence-electron chi connectivity index (χ2n) is 6.39. The van der Waals surface area contributed by atoms with E-state index >= 15 is 0 Å². The van der Waals surface area contributed by atoms with Crippen molar-refractivity contribution in [1.29, 1.82) is 0 Å². The number of aromatic nitrogens is 2. The van der Waals surface area contributed by atoms with Gasteiger partial charge in [0.1, 0.15) is 5.75 Å². The van der Waals surface area contributed by atoms with Crippen LogP contribution in [0.4, 0.5) is 5.69 Å². The first-order valence-corrected chi connectivity index (χ1v) is 8.82. The molecule has 3 rings (SSSR count). The van der Waals surface area contributed by atoms with E-state index in [1.165, 1.54) is 24.3 Å². The van der Waals surface area contributed by atoms with Crippen LogP contribution in [0.5, 0.6) is 5.75 Å². The molecule has 0 N–H and O–H groups in total. The summed E-state index contributed by atoms with van der Waals surface area (Å²) in [6.45, 7) is 5.15. The van der Waals surface area contributed by atoms with Crippen LogP contribution in [0.2, 0.25) is 0 Å². The van der Waals surface area contributed by atoms with Gasteiger partial charge in [-0.3, -0.25) is 10.1 Å². The highest BCUT2D eigenvalue weighted by atomic mass is 16.6. The van der Waals surface area contributed by atoms with Gasteiger partial charge in [-0.2, -0.15) is 0 Å². The normalized spacial score (nSPS) is 11.7. The molecule has 0 amide bonds. The van der Waals surface area contributed by atoms with Gasteiger partial charge in [0.05, 0.1) is 4.92 Å². The number of hydrogen-bond acceptors (Lipinski definition) is 8. The largest absolute Gasteiger partial charge is 0.481 e. The van der Waals surface area contributed by atoms with Gasteiger partial charge >= 0.3 is 5.97 Å². The van der Waals surface area contributed by atoms with Crippen LogP contribution < -0.4 is 4.74 Å². The molecule has 1 aromatic heterocycles. The lowest BCUT2D eigenvalue weighted by atomic mass is 10.1. The highest BCUT2D eigenvalue weighted by Gasteiger charge is 2.20. The van der Waals surface area contributed by atoms with Gasteiger partial charge in [-0.25, -0.2) is 4.79 Å². The Morgan fingerprint density at radius 2 is 1.79 bits per heavy atom. The number of benzene rings is 2. The maximum atomic E-state index is 12.1. The van der Waals surface area contributed by atoms with Gasteiger partial charge in [0, 0.05) is 17.7 Å². The van der Waals surface area contributed by atoms with Crippen molar-refractivity contribution in [2.45, 2.75) is 26.9 Å². The molecule has 1 heterocycles. The Hall–Kier alpha value is -3.75. The van der Waals surface area contributed by atoms with E-state index in [1.54, 1.807) is 6.92 Å². The zero-order valence-electron chi connectivity index (χ0n) is 16.1. The molecule has 29 heavy (non-hydrogen) atoms. The summed E-state index contributed by atoms with van der Waals surface area (Å²) in [5.74, 6) is 0.356. The van der Waals surface area contributed by atoms with Crippen molar-refractivity contribution in [2.24, 2.45) is 0 Å². The topological polar surface area (TPSA) is 118 Å². The van der Waals surface area contributed by atoms with Gasteiger partial charge in [-0.1, -0.05) is 18.2 Å².